The molecule has 0 saturated carbocycles. The summed E-state index contributed by atoms with van der Waals surface area (Å²) < 4.78 is 74.2. The molecule has 0 atom stereocenters. The van der Waals surface area contributed by atoms with Crippen LogP contribution in [0.4, 0.5) is 27.6 Å². The van der Waals surface area contributed by atoms with Gasteiger partial charge in [-0.05, 0) is 42.8 Å². The number of alkyl halides is 3. The summed E-state index contributed by atoms with van der Waals surface area (Å²) in [6.07, 6.45) is -3.37. The Morgan fingerprint density at radius 1 is 1.06 bits per heavy atom. The van der Waals surface area contributed by atoms with E-state index in [2.05, 4.69) is 10.1 Å². The quantitative estimate of drug-likeness (QED) is 0.328. The van der Waals surface area contributed by atoms with Crippen LogP contribution in [-0.2, 0) is 19.1 Å². The second kappa shape index (κ2) is 7.68. The molecular weight excluding hydrogens is 419 g/mol. The molecule has 162 valence electrons. The molecule has 0 aliphatic carbocycles. The molecule has 0 unspecified atom stereocenters. The van der Waals surface area contributed by atoms with Gasteiger partial charge in [0.05, 0.1) is 12.1 Å². The Labute approximate surface area is 173 Å². The summed E-state index contributed by atoms with van der Waals surface area (Å²) in [6, 6.07) is 7.39. The number of anilines is 1. The van der Waals surface area contributed by atoms with E-state index in [0.717, 1.165) is 12.1 Å². The lowest BCUT2D eigenvalue weighted by Crippen LogP contribution is -2.10. The van der Waals surface area contributed by atoms with Crippen LogP contribution in [0.1, 0.15) is 30.4 Å². The smallest absolute Gasteiger partial charge is 0.398 e. The van der Waals surface area contributed by atoms with Crippen LogP contribution in [0, 0.1) is 11.6 Å². The third-order valence-electron chi connectivity index (χ3n) is 4.93. The van der Waals surface area contributed by atoms with Crippen molar-refractivity contribution in [1.82, 2.24) is 14.7 Å². The van der Waals surface area contributed by atoms with Crippen molar-refractivity contribution in [2.75, 3.05) is 5.73 Å². The largest absolute Gasteiger partial charge is 0.419 e. The van der Waals surface area contributed by atoms with Crippen molar-refractivity contribution in [3.63, 3.8) is 0 Å². The first-order chi connectivity index (χ1) is 14.7. The van der Waals surface area contributed by atoms with Crippen molar-refractivity contribution < 1.29 is 26.5 Å². The van der Waals surface area contributed by atoms with E-state index >= 15 is 0 Å². The van der Waals surface area contributed by atoms with Gasteiger partial charge in [0.1, 0.15) is 0 Å². The van der Waals surface area contributed by atoms with E-state index in [-0.39, 0.29) is 34.9 Å². The molecule has 10 heteroatoms. The van der Waals surface area contributed by atoms with E-state index in [0.29, 0.717) is 24.1 Å². The van der Waals surface area contributed by atoms with Gasteiger partial charge in [-0.1, -0.05) is 18.5 Å². The molecule has 2 N–H and O–H groups in total. The van der Waals surface area contributed by atoms with Crippen LogP contribution in [0.3, 0.4) is 0 Å². The standard InChI is InChI=1S/C21H17F5N4O/c1-2-3-12-9-13-17(7-6-16(27)19(13)21(24,25)26)30(12)10-18-28-20(31-29-18)11-4-5-14(22)15(23)8-11/h4-9H,2-3,10,27H2,1H3. The van der Waals surface area contributed by atoms with Crippen LogP contribution in [0.2, 0.25) is 0 Å². The third kappa shape index (κ3) is 3.85. The number of aryl methyl sites for hydroxylation is 1. The molecule has 0 saturated heterocycles. The fourth-order valence-electron chi connectivity index (χ4n) is 3.58. The molecular formula is C21H17F5N4O. The summed E-state index contributed by atoms with van der Waals surface area (Å²) in [5.41, 5.74) is 5.59. The number of aromatic nitrogens is 3. The second-order valence-electron chi connectivity index (χ2n) is 7.08. The van der Waals surface area contributed by atoms with E-state index in [1.165, 1.54) is 24.3 Å². The first-order valence-electron chi connectivity index (χ1n) is 9.44. The summed E-state index contributed by atoms with van der Waals surface area (Å²) in [7, 11) is 0. The van der Waals surface area contributed by atoms with Gasteiger partial charge in [-0.2, -0.15) is 18.2 Å². The fraction of sp³-hybridized carbons (Fsp3) is 0.238. The third-order valence-corrected chi connectivity index (χ3v) is 4.93. The maximum absolute atomic E-state index is 13.6. The highest BCUT2D eigenvalue weighted by atomic mass is 19.4. The fourth-order valence-corrected chi connectivity index (χ4v) is 3.58. The van der Waals surface area contributed by atoms with Crippen molar-refractivity contribution >= 4 is 16.6 Å². The van der Waals surface area contributed by atoms with Gasteiger partial charge in [0.25, 0.3) is 5.89 Å². The van der Waals surface area contributed by atoms with Crippen LogP contribution < -0.4 is 5.73 Å². The van der Waals surface area contributed by atoms with Crippen LogP contribution in [0.5, 0.6) is 0 Å². The van der Waals surface area contributed by atoms with Crippen molar-refractivity contribution in [2.45, 2.75) is 32.5 Å². The van der Waals surface area contributed by atoms with Crippen molar-refractivity contribution in [3.8, 4) is 11.5 Å². The van der Waals surface area contributed by atoms with E-state index in [1.807, 2.05) is 6.92 Å². The molecule has 5 nitrogen and oxygen atoms in total. The molecule has 31 heavy (non-hydrogen) atoms. The number of hydrogen-bond acceptors (Lipinski definition) is 4. The Morgan fingerprint density at radius 2 is 1.84 bits per heavy atom. The van der Waals surface area contributed by atoms with E-state index in [4.69, 9.17) is 10.3 Å². The molecule has 0 spiro atoms. The summed E-state index contributed by atoms with van der Waals surface area (Å²) >= 11 is 0. The minimum absolute atomic E-state index is 0.000254. The van der Waals surface area contributed by atoms with Crippen LogP contribution in [0.15, 0.2) is 40.9 Å². The van der Waals surface area contributed by atoms with Gasteiger partial charge in [-0.15, -0.1) is 0 Å². The average molecular weight is 436 g/mol. The number of hydrogen-bond donors (Lipinski definition) is 1. The Morgan fingerprint density at radius 3 is 2.52 bits per heavy atom. The van der Waals surface area contributed by atoms with Gasteiger partial charge in [0.2, 0.25) is 0 Å². The number of nitrogens with two attached hydrogens (primary N) is 1. The number of benzene rings is 2. The molecule has 2 aromatic carbocycles. The lowest BCUT2D eigenvalue weighted by atomic mass is 10.1. The maximum atomic E-state index is 13.6. The minimum Gasteiger partial charge on any atom is -0.398 e. The SMILES string of the molecule is CCCc1cc2c(C(F)(F)F)c(N)ccc2n1Cc1noc(-c2ccc(F)c(F)c2)n1. The van der Waals surface area contributed by atoms with Crippen LogP contribution in [-0.4, -0.2) is 14.7 Å². The Hall–Kier alpha value is -3.43. The monoisotopic (exact) mass is 436 g/mol. The van der Waals surface area contributed by atoms with Gasteiger partial charge in [0.15, 0.2) is 17.5 Å². The molecule has 0 fully saturated rings. The summed E-state index contributed by atoms with van der Waals surface area (Å²) in [5, 5.41) is 3.85. The van der Waals surface area contributed by atoms with Crippen molar-refractivity contribution in [1.29, 1.82) is 0 Å². The van der Waals surface area contributed by atoms with Crippen LogP contribution >= 0.6 is 0 Å². The first kappa shape index (κ1) is 20.8. The lowest BCUT2D eigenvalue weighted by Gasteiger charge is -2.12. The molecule has 0 radical (unpaired) electrons. The summed E-state index contributed by atoms with van der Waals surface area (Å²) in [5.74, 6) is -1.91. The molecule has 4 aromatic rings. The molecule has 0 amide bonds. The number of fused-ring (bicyclic) bond motifs is 1. The zero-order valence-corrected chi connectivity index (χ0v) is 16.3. The molecule has 0 aliphatic rings. The highest BCUT2D eigenvalue weighted by Gasteiger charge is 2.36. The molecule has 4 rings (SSSR count). The average Bonchev–Trinajstić information content (AvgIpc) is 3.29. The van der Waals surface area contributed by atoms with Crippen molar-refractivity contribution in [3.05, 3.63) is 65.1 Å². The number of nitrogens with zero attached hydrogens (tertiary/aromatic N) is 3. The predicted octanol–water partition coefficient (Wildman–Crippen LogP) is 5.57. The molecule has 0 aliphatic heterocycles. The number of nitrogen functional groups attached to an aromatic ring is 1. The Balaban J connectivity index is 1.77. The lowest BCUT2D eigenvalue weighted by molar-refractivity contribution is -0.135. The van der Waals surface area contributed by atoms with Gasteiger partial charge in [-0.3, -0.25) is 0 Å². The second-order valence-corrected chi connectivity index (χ2v) is 7.08. The Bertz CT molecular complexity index is 1260. The van der Waals surface area contributed by atoms with E-state index in [9.17, 15) is 22.0 Å². The topological polar surface area (TPSA) is 69.9 Å². The predicted molar refractivity (Wildman–Crippen MR) is 104 cm³/mol. The van der Waals surface area contributed by atoms with Gasteiger partial charge < -0.3 is 14.8 Å². The normalized spacial score (nSPS) is 12.1. The van der Waals surface area contributed by atoms with Gasteiger partial charge >= 0.3 is 6.18 Å². The highest BCUT2D eigenvalue weighted by Crippen LogP contribution is 2.40. The van der Waals surface area contributed by atoms with Crippen LogP contribution in [0.25, 0.3) is 22.4 Å². The zero-order valence-electron chi connectivity index (χ0n) is 16.3. The maximum Gasteiger partial charge on any atom is 0.419 e. The summed E-state index contributed by atoms with van der Waals surface area (Å²) in [4.78, 5) is 4.19. The molecule has 2 heterocycles. The highest BCUT2D eigenvalue weighted by molar-refractivity contribution is 5.89. The first-order valence-corrected chi connectivity index (χ1v) is 9.44. The number of halogens is 5. The van der Waals surface area contributed by atoms with E-state index < -0.39 is 23.4 Å². The van der Waals surface area contributed by atoms with Gasteiger partial charge in [-0.25, -0.2) is 8.78 Å². The Kier molecular flexibility index (Phi) is 5.16. The van der Waals surface area contributed by atoms with Crippen molar-refractivity contribution in [2.24, 2.45) is 0 Å². The molecule has 2 aromatic heterocycles. The summed E-state index contributed by atoms with van der Waals surface area (Å²) in [6.45, 7) is 1.95. The van der Waals surface area contributed by atoms with Gasteiger partial charge in [0, 0.05) is 27.8 Å². The number of rotatable bonds is 5. The van der Waals surface area contributed by atoms with E-state index in [1.54, 1.807) is 4.57 Å². The minimum atomic E-state index is -4.61. The molecule has 0 bridgehead atoms. The zero-order chi connectivity index (χ0) is 22.3.